The van der Waals surface area contributed by atoms with E-state index >= 15 is 0 Å². The van der Waals surface area contributed by atoms with Crippen molar-refractivity contribution in [1.29, 1.82) is 0 Å². The van der Waals surface area contributed by atoms with E-state index in [1.54, 1.807) is 0 Å². The molecule has 0 aliphatic carbocycles. The van der Waals surface area contributed by atoms with Crippen molar-refractivity contribution in [1.82, 2.24) is 0 Å². The lowest BCUT2D eigenvalue weighted by molar-refractivity contribution is -0.130. The van der Waals surface area contributed by atoms with Crippen LogP contribution in [0.15, 0.2) is 18.2 Å². The number of anilines is 1. The van der Waals surface area contributed by atoms with Crippen LogP contribution < -0.4 is 10.6 Å². The van der Waals surface area contributed by atoms with Crippen molar-refractivity contribution in [3.05, 3.63) is 29.6 Å². The lowest BCUT2D eigenvalue weighted by Gasteiger charge is -2.28. The van der Waals surface area contributed by atoms with Gasteiger partial charge < -0.3 is 5.73 Å². The highest BCUT2D eigenvalue weighted by Crippen LogP contribution is 2.26. The molecule has 1 saturated heterocycles. The summed E-state index contributed by atoms with van der Waals surface area (Å²) < 4.78 is 13.9. The summed E-state index contributed by atoms with van der Waals surface area (Å²) in [6.45, 7) is 1.99. The Kier molecular flexibility index (Phi) is 4.16. The molecular weight excluding hydrogens is 259 g/mol. The number of nitrogens with zero attached hydrogens (tertiary/aromatic N) is 1. The quantitative estimate of drug-likeness (QED) is 0.622. The van der Waals surface area contributed by atoms with Gasteiger partial charge in [-0.2, -0.15) is 0 Å². The van der Waals surface area contributed by atoms with Crippen LogP contribution in [0.5, 0.6) is 0 Å². The van der Waals surface area contributed by atoms with E-state index in [1.165, 1.54) is 12.1 Å². The molecule has 4 nitrogen and oxygen atoms in total. The van der Waals surface area contributed by atoms with Crippen molar-refractivity contribution in [2.45, 2.75) is 19.8 Å². The fourth-order valence-corrected chi connectivity index (χ4v) is 2.17. The number of imide groups is 1. The van der Waals surface area contributed by atoms with Gasteiger partial charge in [-0.1, -0.05) is 18.8 Å². The molecule has 1 aromatic rings. The van der Waals surface area contributed by atoms with E-state index in [4.69, 9.17) is 5.73 Å². The van der Waals surface area contributed by atoms with Crippen LogP contribution in [0.25, 0.3) is 0 Å². The first-order chi connectivity index (χ1) is 9.52. The number of hydrogen-bond acceptors (Lipinski definition) is 3. The lowest BCUT2D eigenvalue weighted by atomic mass is 9.97. The Morgan fingerprint density at radius 3 is 2.55 bits per heavy atom. The van der Waals surface area contributed by atoms with E-state index in [-0.39, 0.29) is 35.5 Å². The summed E-state index contributed by atoms with van der Waals surface area (Å²) in [5.74, 6) is 4.02. The minimum Gasteiger partial charge on any atom is -0.320 e. The molecule has 2 amide bonds. The Morgan fingerprint density at radius 1 is 1.35 bits per heavy atom. The smallest absolute Gasteiger partial charge is 0.234 e. The average Bonchev–Trinajstić information content (AvgIpc) is 2.36. The summed E-state index contributed by atoms with van der Waals surface area (Å²) in [4.78, 5) is 24.9. The number of rotatable bonds is 1. The highest BCUT2D eigenvalue weighted by Gasteiger charge is 2.31. The third-order valence-corrected chi connectivity index (χ3v) is 3.08. The summed E-state index contributed by atoms with van der Waals surface area (Å²) >= 11 is 0. The van der Waals surface area contributed by atoms with Crippen molar-refractivity contribution in [2.75, 3.05) is 11.4 Å². The van der Waals surface area contributed by atoms with E-state index in [0.717, 1.165) is 11.0 Å². The predicted octanol–water partition coefficient (Wildman–Crippen LogP) is 1.43. The van der Waals surface area contributed by atoms with Gasteiger partial charge in [-0.25, -0.2) is 4.39 Å². The van der Waals surface area contributed by atoms with Crippen LogP contribution in [-0.4, -0.2) is 18.4 Å². The molecule has 0 unspecified atom stereocenters. The molecule has 0 bridgehead atoms. The predicted molar refractivity (Wildman–Crippen MR) is 73.2 cm³/mol. The molecule has 1 heterocycles. The molecule has 104 valence electrons. The first-order valence-corrected chi connectivity index (χ1v) is 6.37. The van der Waals surface area contributed by atoms with Crippen LogP contribution in [0.4, 0.5) is 10.1 Å². The van der Waals surface area contributed by atoms with Crippen LogP contribution in [0.3, 0.4) is 0 Å². The first-order valence-electron chi connectivity index (χ1n) is 6.37. The number of carbonyl (C=O) groups is 2. The Labute approximate surface area is 116 Å². The number of carbonyl (C=O) groups excluding carboxylic acids is 2. The highest BCUT2D eigenvalue weighted by atomic mass is 19.1. The van der Waals surface area contributed by atoms with Gasteiger partial charge in [-0.05, 0) is 24.1 Å². The minimum absolute atomic E-state index is 0.0331. The Hall–Kier alpha value is -2.19. The Morgan fingerprint density at radius 2 is 2.00 bits per heavy atom. The molecule has 1 aliphatic rings. The number of nitrogens with two attached hydrogens (primary N) is 1. The van der Waals surface area contributed by atoms with E-state index in [0.29, 0.717) is 12.8 Å². The maximum absolute atomic E-state index is 13.9. The van der Waals surface area contributed by atoms with Crippen molar-refractivity contribution in [3.63, 3.8) is 0 Å². The van der Waals surface area contributed by atoms with Crippen molar-refractivity contribution >= 4 is 17.5 Å². The van der Waals surface area contributed by atoms with Crippen molar-refractivity contribution < 1.29 is 14.0 Å². The van der Waals surface area contributed by atoms with Crippen LogP contribution >= 0.6 is 0 Å². The summed E-state index contributed by atoms with van der Waals surface area (Å²) in [6, 6.07) is 4.13. The number of piperidine rings is 1. The molecule has 0 aromatic heterocycles. The van der Waals surface area contributed by atoms with Gasteiger partial charge in [-0.3, -0.25) is 14.5 Å². The molecular formula is C15H15FN2O2. The fourth-order valence-electron chi connectivity index (χ4n) is 2.17. The fraction of sp³-hybridized carbons (Fsp3) is 0.333. The highest BCUT2D eigenvalue weighted by molar-refractivity contribution is 6.16. The molecule has 0 atom stereocenters. The summed E-state index contributed by atoms with van der Waals surface area (Å²) in [6.07, 6.45) is 0.587. The normalized spacial score (nSPS) is 16.1. The van der Waals surface area contributed by atoms with Crippen LogP contribution in [0.1, 0.15) is 25.3 Å². The molecule has 2 rings (SSSR count). The van der Waals surface area contributed by atoms with Gasteiger partial charge >= 0.3 is 0 Å². The monoisotopic (exact) mass is 274 g/mol. The third-order valence-electron chi connectivity index (χ3n) is 3.08. The van der Waals surface area contributed by atoms with Crippen LogP contribution in [0.2, 0.25) is 0 Å². The van der Waals surface area contributed by atoms with Crippen molar-refractivity contribution in [2.24, 2.45) is 11.7 Å². The average molecular weight is 274 g/mol. The second kappa shape index (κ2) is 5.85. The largest absolute Gasteiger partial charge is 0.320 e. The van der Waals surface area contributed by atoms with E-state index in [9.17, 15) is 14.0 Å². The van der Waals surface area contributed by atoms with Gasteiger partial charge in [0.25, 0.3) is 0 Å². The van der Waals surface area contributed by atoms with Crippen LogP contribution in [-0.2, 0) is 9.59 Å². The first kappa shape index (κ1) is 14.2. The molecule has 0 radical (unpaired) electrons. The van der Waals surface area contributed by atoms with Gasteiger partial charge in [0.1, 0.15) is 5.82 Å². The minimum atomic E-state index is -0.567. The zero-order chi connectivity index (χ0) is 14.7. The van der Waals surface area contributed by atoms with Gasteiger partial charge in [-0.15, -0.1) is 0 Å². The topological polar surface area (TPSA) is 63.4 Å². The maximum Gasteiger partial charge on any atom is 0.234 e. The maximum atomic E-state index is 13.9. The van der Waals surface area contributed by atoms with E-state index in [1.807, 2.05) is 6.92 Å². The number of halogens is 1. The van der Waals surface area contributed by atoms with Gasteiger partial charge in [0, 0.05) is 12.8 Å². The second-order valence-corrected chi connectivity index (χ2v) is 4.81. The molecule has 1 aromatic carbocycles. The molecule has 2 N–H and O–H groups in total. The number of amides is 2. The van der Waals surface area contributed by atoms with Gasteiger partial charge in [0.05, 0.1) is 17.8 Å². The standard InChI is InChI=1S/C15H15FN2O2/c1-10-7-14(19)18(15(20)8-10)12-5-4-11(3-2-6-17)13(16)9-12/h4-5,9-10H,6-8,17H2,1H3. The summed E-state index contributed by atoms with van der Waals surface area (Å²) in [5.41, 5.74) is 5.68. The lowest BCUT2D eigenvalue weighted by Crippen LogP contribution is -2.42. The zero-order valence-corrected chi connectivity index (χ0v) is 11.1. The van der Waals surface area contributed by atoms with Gasteiger partial charge in [0.15, 0.2) is 0 Å². The van der Waals surface area contributed by atoms with Crippen molar-refractivity contribution in [3.8, 4) is 11.8 Å². The molecule has 20 heavy (non-hydrogen) atoms. The second-order valence-electron chi connectivity index (χ2n) is 4.81. The van der Waals surface area contributed by atoms with E-state index < -0.39 is 5.82 Å². The third kappa shape index (κ3) is 2.86. The summed E-state index contributed by atoms with van der Waals surface area (Å²) in [5, 5.41) is 0. The molecule has 1 fully saturated rings. The molecule has 0 spiro atoms. The Bertz CT molecular complexity index is 598. The summed E-state index contributed by atoms with van der Waals surface area (Å²) in [7, 11) is 0. The SMILES string of the molecule is CC1CC(=O)N(c2ccc(C#CCN)c(F)c2)C(=O)C1. The molecule has 1 aliphatic heterocycles. The zero-order valence-electron chi connectivity index (χ0n) is 11.1. The molecule has 0 saturated carbocycles. The van der Waals surface area contributed by atoms with Gasteiger partial charge in [0.2, 0.25) is 11.8 Å². The number of hydrogen-bond donors (Lipinski definition) is 1. The molecule has 5 heteroatoms. The van der Waals surface area contributed by atoms with Crippen LogP contribution in [0, 0.1) is 23.6 Å². The number of benzene rings is 1. The Balaban J connectivity index is 2.32. The van der Waals surface area contributed by atoms with E-state index in [2.05, 4.69) is 11.8 Å².